The number of hydrogen-bond acceptors (Lipinski definition) is 8. The molecule has 7 unspecified atom stereocenters. The van der Waals surface area contributed by atoms with Gasteiger partial charge in [-0.25, -0.2) is 0 Å². The van der Waals surface area contributed by atoms with Crippen LogP contribution in [0.15, 0.2) is 24.3 Å². The summed E-state index contributed by atoms with van der Waals surface area (Å²) in [6.07, 6.45) is 92.1. The molecule has 9 nitrogen and oxygen atoms in total. The van der Waals surface area contributed by atoms with E-state index in [0.717, 1.165) is 38.5 Å². The van der Waals surface area contributed by atoms with Gasteiger partial charge in [-0.3, -0.25) is 4.79 Å². The van der Waals surface area contributed by atoms with Crippen LogP contribution < -0.4 is 5.32 Å². The Morgan fingerprint density at radius 2 is 0.602 bits per heavy atom. The number of unbranched alkanes of at least 4 members (excludes halogenated alkanes) is 64. The Labute approximate surface area is 579 Å². The average Bonchev–Trinajstić information content (AvgIpc) is 1.01. The van der Waals surface area contributed by atoms with Crippen LogP contribution in [0.2, 0.25) is 0 Å². The number of aliphatic hydroxyl groups excluding tert-OH is 5. The minimum Gasteiger partial charge on any atom is -0.394 e. The molecule has 0 radical (unpaired) electrons. The van der Waals surface area contributed by atoms with Crippen LogP contribution in [0.3, 0.4) is 0 Å². The summed E-state index contributed by atoms with van der Waals surface area (Å²) in [5.41, 5.74) is 0. The van der Waals surface area contributed by atoms with Crippen molar-refractivity contribution in [2.75, 3.05) is 13.2 Å². The summed E-state index contributed by atoms with van der Waals surface area (Å²) in [4.78, 5) is 13.2. The van der Waals surface area contributed by atoms with Crippen LogP contribution in [0.1, 0.15) is 450 Å². The lowest BCUT2D eigenvalue weighted by Gasteiger charge is -2.40. The van der Waals surface area contributed by atoms with Gasteiger partial charge in [-0.1, -0.05) is 423 Å². The first-order valence-corrected chi connectivity index (χ1v) is 42.1. The molecule has 1 saturated heterocycles. The van der Waals surface area contributed by atoms with Crippen molar-refractivity contribution in [1.29, 1.82) is 0 Å². The minimum absolute atomic E-state index is 0.166. The number of carbonyl (C=O) groups excluding carboxylic acids is 1. The summed E-state index contributed by atoms with van der Waals surface area (Å²) in [5.74, 6) is -0.166. The molecule has 7 atom stereocenters. The van der Waals surface area contributed by atoms with Gasteiger partial charge < -0.3 is 40.3 Å². The van der Waals surface area contributed by atoms with Gasteiger partial charge in [0.25, 0.3) is 0 Å². The third-order valence-corrected chi connectivity index (χ3v) is 20.5. The fourth-order valence-electron chi connectivity index (χ4n) is 14.0. The number of amides is 1. The van der Waals surface area contributed by atoms with Crippen LogP contribution in [-0.2, 0) is 14.3 Å². The van der Waals surface area contributed by atoms with Gasteiger partial charge in [0.2, 0.25) is 5.91 Å². The van der Waals surface area contributed by atoms with Gasteiger partial charge >= 0.3 is 0 Å². The van der Waals surface area contributed by atoms with Crippen molar-refractivity contribution >= 4 is 5.91 Å². The monoisotopic (exact) mass is 1310 g/mol. The number of aliphatic hydroxyl groups is 5. The molecule has 0 aromatic rings. The molecule has 6 N–H and O–H groups in total. The summed E-state index contributed by atoms with van der Waals surface area (Å²) < 4.78 is 11.4. The Balaban J connectivity index is 2.04. The predicted molar refractivity (Wildman–Crippen MR) is 401 cm³/mol. The summed E-state index contributed by atoms with van der Waals surface area (Å²) in [5, 5.41) is 55.0. The number of ether oxygens (including phenoxy) is 2. The zero-order chi connectivity index (χ0) is 67.1. The lowest BCUT2D eigenvalue weighted by Crippen LogP contribution is -2.60. The third-order valence-electron chi connectivity index (χ3n) is 20.5. The molecule has 93 heavy (non-hydrogen) atoms. The van der Waals surface area contributed by atoms with Crippen molar-refractivity contribution in [3.63, 3.8) is 0 Å². The fourth-order valence-corrected chi connectivity index (χ4v) is 14.0. The highest BCUT2D eigenvalue weighted by Gasteiger charge is 2.44. The van der Waals surface area contributed by atoms with E-state index in [1.54, 1.807) is 6.08 Å². The van der Waals surface area contributed by atoms with E-state index in [4.69, 9.17) is 9.47 Å². The van der Waals surface area contributed by atoms with Gasteiger partial charge in [0, 0.05) is 6.42 Å². The standard InChI is InChI=1S/C84H163NO8/c1-3-5-7-9-11-13-15-17-19-21-23-25-27-29-31-33-35-37-38-39-40-42-44-46-48-50-52-54-56-58-60-62-64-66-68-70-72-74-80(88)85-77(76-92-84-83(91)82(90)81(89)79(75-86)93-84)78(87)73-71-69-67-65-63-61-59-57-55-53-51-49-47-45-43-41-36-34-32-30-28-26-24-22-20-18-16-14-12-10-8-6-4-2/h21,23,71,73,77-79,81-84,86-87,89-91H,3-20,22,24-70,72,74-76H2,1-2H3,(H,85,88)/b23-21-,73-71+. The van der Waals surface area contributed by atoms with E-state index in [1.807, 2.05) is 6.08 Å². The number of rotatable bonds is 76. The maximum atomic E-state index is 13.2. The predicted octanol–water partition coefficient (Wildman–Crippen LogP) is 24.3. The first-order valence-electron chi connectivity index (χ1n) is 42.1. The van der Waals surface area contributed by atoms with E-state index in [-0.39, 0.29) is 12.5 Å². The Morgan fingerprint density at radius 1 is 0.355 bits per heavy atom. The largest absolute Gasteiger partial charge is 0.394 e. The Hall–Kier alpha value is -1.33. The summed E-state index contributed by atoms with van der Waals surface area (Å²) >= 11 is 0. The van der Waals surface area contributed by atoms with Crippen LogP contribution in [0.4, 0.5) is 0 Å². The smallest absolute Gasteiger partial charge is 0.220 e. The van der Waals surface area contributed by atoms with E-state index >= 15 is 0 Å². The second-order valence-electron chi connectivity index (χ2n) is 29.6. The highest BCUT2D eigenvalue weighted by atomic mass is 16.7. The number of hydrogen-bond donors (Lipinski definition) is 6. The number of carbonyl (C=O) groups is 1. The molecule has 9 heteroatoms. The highest BCUT2D eigenvalue weighted by Crippen LogP contribution is 2.24. The van der Waals surface area contributed by atoms with Crippen molar-refractivity contribution in [3.05, 3.63) is 24.3 Å². The third kappa shape index (κ3) is 61.5. The molecule has 1 fully saturated rings. The molecule has 0 bridgehead atoms. The van der Waals surface area contributed by atoms with Gasteiger partial charge in [0.1, 0.15) is 24.4 Å². The maximum absolute atomic E-state index is 13.2. The van der Waals surface area contributed by atoms with Gasteiger partial charge in [0.15, 0.2) is 6.29 Å². The summed E-state index contributed by atoms with van der Waals surface area (Å²) in [6.45, 7) is 3.85. The molecule has 1 heterocycles. The first-order chi connectivity index (χ1) is 45.8. The summed E-state index contributed by atoms with van der Waals surface area (Å²) in [7, 11) is 0. The maximum Gasteiger partial charge on any atom is 0.220 e. The lowest BCUT2D eigenvalue weighted by molar-refractivity contribution is -0.302. The molecule has 1 aliphatic heterocycles. The van der Waals surface area contributed by atoms with Crippen LogP contribution >= 0.6 is 0 Å². The van der Waals surface area contributed by atoms with E-state index in [9.17, 15) is 30.3 Å². The molecule has 1 rings (SSSR count). The van der Waals surface area contributed by atoms with E-state index in [0.29, 0.717) is 6.42 Å². The zero-order valence-corrected chi connectivity index (χ0v) is 62.3. The molecule has 0 aromatic heterocycles. The topological polar surface area (TPSA) is 149 Å². The molecule has 552 valence electrons. The van der Waals surface area contributed by atoms with Gasteiger partial charge in [0.05, 0.1) is 25.4 Å². The molecule has 1 amide bonds. The van der Waals surface area contributed by atoms with Crippen molar-refractivity contribution in [1.82, 2.24) is 5.32 Å². The van der Waals surface area contributed by atoms with Crippen LogP contribution in [0.25, 0.3) is 0 Å². The molecule has 0 aliphatic carbocycles. The van der Waals surface area contributed by atoms with Crippen molar-refractivity contribution < 1.29 is 39.8 Å². The van der Waals surface area contributed by atoms with Gasteiger partial charge in [-0.15, -0.1) is 0 Å². The van der Waals surface area contributed by atoms with Crippen LogP contribution in [0, 0.1) is 0 Å². The fraction of sp³-hybridized carbons (Fsp3) is 0.940. The van der Waals surface area contributed by atoms with Crippen molar-refractivity contribution in [2.24, 2.45) is 0 Å². The normalized spacial score (nSPS) is 17.6. The minimum atomic E-state index is -1.57. The zero-order valence-electron chi connectivity index (χ0n) is 62.3. The summed E-state index contributed by atoms with van der Waals surface area (Å²) in [6, 6.07) is -0.804. The molecular formula is C84H163NO8. The van der Waals surface area contributed by atoms with E-state index in [1.165, 1.54) is 392 Å². The van der Waals surface area contributed by atoms with E-state index in [2.05, 4.69) is 31.3 Å². The Morgan fingerprint density at radius 3 is 0.871 bits per heavy atom. The lowest BCUT2D eigenvalue weighted by atomic mass is 9.99. The second-order valence-corrected chi connectivity index (χ2v) is 29.6. The molecule has 0 saturated carbocycles. The number of allylic oxidation sites excluding steroid dienone is 3. The van der Waals surface area contributed by atoms with Crippen LogP contribution in [0.5, 0.6) is 0 Å². The average molecular weight is 1320 g/mol. The first kappa shape index (κ1) is 89.7. The molecule has 0 aromatic carbocycles. The van der Waals surface area contributed by atoms with Gasteiger partial charge in [-0.05, 0) is 44.9 Å². The van der Waals surface area contributed by atoms with E-state index < -0.39 is 49.5 Å². The van der Waals surface area contributed by atoms with Crippen molar-refractivity contribution in [3.8, 4) is 0 Å². The Bertz CT molecular complexity index is 1530. The molecule has 0 spiro atoms. The number of nitrogens with one attached hydrogen (secondary N) is 1. The molecular weight excluding hydrogens is 1150 g/mol. The quantitative estimate of drug-likeness (QED) is 0.0261. The highest BCUT2D eigenvalue weighted by molar-refractivity contribution is 5.76. The second kappa shape index (κ2) is 73.4. The Kier molecular flexibility index (Phi) is 70.8. The van der Waals surface area contributed by atoms with Crippen molar-refractivity contribution in [2.45, 2.75) is 493 Å². The van der Waals surface area contributed by atoms with Crippen LogP contribution in [-0.4, -0.2) is 87.5 Å². The SMILES string of the molecule is CCCCCCCCCC/C=C\CCCCCCCCCCCCCCCCCCCCCCCCCCCC(=O)NC(COC1OC(CO)C(O)C(O)C1O)C(O)/C=C/CCCCCCCCCCCCCCCCCCCCCCCCCCCCCCCCC. The molecule has 1 aliphatic rings. The van der Waals surface area contributed by atoms with Gasteiger partial charge in [-0.2, -0.15) is 0 Å².